The van der Waals surface area contributed by atoms with Crippen LogP contribution in [0.25, 0.3) is 4.85 Å². The minimum Gasteiger partial charge on any atom is -0.465 e. The van der Waals surface area contributed by atoms with Gasteiger partial charge in [0.05, 0.1) is 12.7 Å². The highest BCUT2D eigenvalue weighted by atomic mass is 16.5. The van der Waals surface area contributed by atoms with Crippen molar-refractivity contribution in [3.8, 4) is 0 Å². The summed E-state index contributed by atoms with van der Waals surface area (Å²) in [5.74, 6) is -0.393. The summed E-state index contributed by atoms with van der Waals surface area (Å²) in [5, 5.41) is 0. The average Bonchev–Trinajstić information content (AvgIpc) is 2.55. The second-order valence-electron chi connectivity index (χ2n) is 4.87. The summed E-state index contributed by atoms with van der Waals surface area (Å²) in [7, 11) is 1.35. The van der Waals surface area contributed by atoms with E-state index >= 15 is 0 Å². The zero-order chi connectivity index (χ0) is 15.9. The molecule has 0 N–H and O–H groups in total. The van der Waals surface area contributed by atoms with Crippen molar-refractivity contribution in [3.05, 3.63) is 82.2 Å². The largest absolute Gasteiger partial charge is 0.465 e. The number of nitrogens with zero attached hydrogens (tertiary/aromatic N) is 1. The standard InChI is InChI=1S/C18H17NO3/c1-13-6-4-7-14(10-13)17(22-12-19-2)15-8-5-9-16(11-15)18(20)21-3/h4-11,17H,12H2,1,3H3. The Hall–Kier alpha value is -2.64. The van der Waals surface area contributed by atoms with Crippen LogP contribution in [0.3, 0.4) is 0 Å². The highest BCUT2D eigenvalue weighted by Gasteiger charge is 2.18. The lowest BCUT2D eigenvalue weighted by Crippen LogP contribution is -2.08. The van der Waals surface area contributed by atoms with E-state index in [1.54, 1.807) is 18.2 Å². The Balaban J connectivity index is 2.41. The van der Waals surface area contributed by atoms with Crippen LogP contribution in [0.4, 0.5) is 0 Å². The molecule has 2 rings (SSSR count). The summed E-state index contributed by atoms with van der Waals surface area (Å²) in [4.78, 5) is 14.9. The van der Waals surface area contributed by atoms with E-state index in [-0.39, 0.29) is 6.73 Å². The number of rotatable bonds is 5. The Morgan fingerprint density at radius 1 is 1.18 bits per heavy atom. The van der Waals surface area contributed by atoms with Crippen molar-refractivity contribution in [2.24, 2.45) is 0 Å². The van der Waals surface area contributed by atoms with E-state index in [1.807, 2.05) is 37.3 Å². The lowest BCUT2D eigenvalue weighted by Gasteiger charge is -2.17. The molecule has 0 aliphatic heterocycles. The Morgan fingerprint density at radius 3 is 2.50 bits per heavy atom. The molecular weight excluding hydrogens is 278 g/mol. The predicted octanol–water partition coefficient (Wildman–Crippen LogP) is 3.76. The zero-order valence-corrected chi connectivity index (χ0v) is 12.6. The first-order valence-corrected chi connectivity index (χ1v) is 6.85. The molecule has 112 valence electrons. The number of benzene rings is 2. The molecule has 1 atom stereocenters. The van der Waals surface area contributed by atoms with Crippen molar-refractivity contribution in [2.45, 2.75) is 13.0 Å². The average molecular weight is 295 g/mol. The van der Waals surface area contributed by atoms with Crippen LogP contribution in [-0.2, 0) is 9.47 Å². The molecule has 0 heterocycles. The van der Waals surface area contributed by atoms with Gasteiger partial charge in [-0.3, -0.25) is 9.58 Å². The molecule has 0 saturated carbocycles. The van der Waals surface area contributed by atoms with Gasteiger partial charge in [-0.2, -0.15) is 0 Å². The molecule has 0 bridgehead atoms. The van der Waals surface area contributed by atoms with Gasteiger partial charge in [-0.25, -0.2) is 11.4 Å². The smallest absolute Gasteiger partial charge is 0.337 e. The molecular formula is C18H17NO3. The normalized spacial score (nSPS) is 11.5. The van der Waals surface area contributed by atoms with Crippen molar-refractivity contribution in [3.63, 3.8) is 0 Å². The SMILES string of the molecule is [C-]#[N+]COC(c1cccc(C)c1)c1cccc(C(=O)OC)c1. The van der Waals surface area contributed by atoms with Gasteiger partial charge in [-0.05, 0) is 30.2 Å². The summed E-state index contributed by atoms with van der Waals surface area (Å²) in [6.45, 7) is 8.89. The molecule has 0 spiro atoms. The van der Waals surface area contributed by atoms with Gasteiger partial charge in [0.2, 0.25) is 0 Å². The molecule has 0 radical (unpaired) electrons. The van der Waals surface area contributed by atoms with Crippen LogP contribution in [0.1, 0.15) is 33.2 Å². The third kappa shape index (κ3) is 3.72. The van der Waals surface area contributed by atoms with Crippen LogP contribution < -0.4 is 0 Å². The van der Waals surface area contributed by atoms with E-state index in [4.69, 9.17) is 16.0 Å². The first-order valence-electron chi connectivity index (χ1n) is 6.85. The van der Waals surface area contributed by atoms with Crippen LogP contribution in [0.5, 0.6) is 0 Å². The van der Waals surface area contributed by atoms with Crippen molar-refractivity contribution in [2.75, 3.05) is 13.8 Å². The molecule has 1 unspecified atom stereocenters. The molecule has 0 saturated heterocycles. The topological polar surface area (TPSA) is 39.9 Å². The number of aryl methyl sites for hydroxylation is 1. The number of hydrogen-bond donors (Lipinski definition) is 0. The number of ether oxygens (including phenoxy) is 2. The molecule has 0 aromatic heterocycles. The molecule has 0 aliphatic carbocycles. The van der Waals surface area contributed by atoms with Crippen LogP contribution in [0, 0.1) is 13.5 Å². The fraction of sp³-hybridized carbons (Fsp3) is 0.222. The summed E-state index contributed by atoms with van der Waals surface area (Å²) in [5.41, 5.74) is 3.34. The molecule has 4 nitrogen and oxygen atoms in total. The summed E-state index contributed by atoms with van der Waals surface area (Å²) >= 11 is 0. The quantitative estimate of drug-likeness (QED) is 0.623. The second-order valence-corrected chi connectivity index (χ2v) is 4.87. The van der Waals surface area contributed by atoms with Gasteiger partial charge in [0.1, 0.15) is 6.10 Å². The Labute approximate surface area is 130 Å². The van der Waals surface area contributed by atoms with Crippen molar-refractivity contribution >= 4 is 5.97 Å². The zero-order valence-electron chi connectivity index (χ0n) is 12.6. The van der Waals surface area contributed by atoms with Crippen LogP contribution in [0.15, 0.2) is 48.5 Å². The lowest BCUT2D eigenvalue weighted by atomic mass is 9.98. The van der Waals surface area contributed by atoms with E-state index < -0.39 is 12.1 Å². The maximum Gasteiger partial charge on any atom is 0.337 e. The van der Waals surface area contributed by atoms with Crippen molar-refractivity contribution in [1.29, 1.82) is 0 Å². The lowest BCUT2D eigenvalue weighted by molar-refractivity contribution is 0.0600. The van der Waals surface area contributed by atoms with Crippen LogP contribution in [-0.4, -0.2) is 19.8 Å². The predicted molar refractivity (Wildman–Crippen MR) is 83.4 cm³/mol. The van der Waals surface area contributed by atoms with Crippen LogP contribution >= 0.6 is 0 Å². The summed E-state index contributed by atoms with van der Waals surface area (Å²) in [6, 6.07) is 15.0. The number of carbonyl (C=O) groups is 1. The fourth-order valence-corrected chi connectivity index (χ4v) is 2.28. The van der Waals surface area contributed by atoms with E-state index in [2.05, 4.69) is 4.85 Å². The number of methoxy groups -OCH3 is 1. The summed E-state index contributed by atoms with van der Waals surface area (Å²) in [6.07, 6.45) is -0.390. The minimum atomic E-state index is -0.393. The Bertz CT molecular complexity index is 703. The monoisotopic (exact) mass is 295 g/mol. The van der Waals surface area contributed by atoms with E-state index in [0.29, 0.717) is 5.56 Å². The van der Waals surface area contributed by atoms with Gasteiger partial charge in [0, 0.05) is 0 Å². The second kappa shape index (κ2) is 7.39. The Kier molecular flexibility index (Phi) is 5.29. The molecule has 0 amide bonds. The highest BCUT2D eigenvalue weighted by molar-refractivity contribution is 5.89. The van der Waals surface area contributed by atoms with E-state index in [1.165, 1.54) is 7.11 Å². The molecule has 2 aromatic rings. The molecule has 4 heteroatoms. The third-order valence-corrected chi connectivity index (χ3v) is 3.26. The Morgan fingerprint density at radius 2 is 1.86 bits per heavy atom. The fourth-order valence-electron chi connectivity index (χ4n) is 2.28. The third-order valence-electron chi connectivity index (χ3n) is 3.26. The number of esters is 1. The maximum absolute atomic E-state index is 11.7. The minimum absolute atomic E-state index is 0.0406. The van der Waals surface area contributed by atoms with Gasteiger partial charge in [0.25, 0.3) is 0 Å². The highest BCUT2D eigenvalue weighted by Crippen LogP contribution is 2.27. The molecule has 0 aliphatic rings. The first-order chi connectivity index (χ1) is 10.7. The van der Waals surface area contributed by atoms with Gasteiger partial charge < -0.3 is 4.74 Å². The first kappa shape index (κ1) is 15.7. The summed E-state index contributed by atoms with van der Waals surface area (Å²) < 4.78 is 10.4. The van der Waals surface area contributed by atoms with Crippen molar-refractivity contribution in [1.82, 2.24) is 0 Å². The van der Waals surface area contributed by atoms with Crippen LogP contribution in [0.2, 0.25) is 0 Å². The van der Waals surface area contributed by atoms with Gasteiger partial charge in [-0.15, -0.1) is 0 Å². The molecule has 0 fully saturated rings. The van der Waals surface area contributed by atoms with Gasteiger partial charge >= 0.3 is 12.7 Å². The molecule has 22 heavy (non-hydrogen) atoms. The number of hydrogen-bond acceptors (Lipinski definition) is 3. The molecule has 2 aromatic carbocycles. The van der Waals surface area contributed by atoms with Gasteiger partial charge in [0.15, 0.2) is 0 Å². The maximum atomic E-state index is 11.7. The van der Waals surface area contributed by atoms with Crippen molar-refractivity contribution < 1.29 is 14.3 Å². The number of carbonyl (C=O) groups excluding carboxylic acids is 1. The van der Waals surface area contributed by atoms with Gasteiger partial charge in [-0.1, -0.05) is 42.0 Å². The van der Waals surface area contributed by atoms with E-state index in [9.17, 15) is 4.79 Å². The van der Waals surface area contributed by atoms with E-state index in [0.717, 1.165) is 16.7 Å².